The van der Waals surface area contributed by atoms with E-state index in [0.717, 1.165) is 22.2 Å². The fraction of sp³-hybridized carbons (Fsp3) is 0.222. The second kappa shape index (κ2) is 6.22. The van der Waals surface area contributed by atoms with Crippen molar-refractivity contribution in [1.29, 1.82) is 0 Å². The van der Waals surface area contributed by atoms with Crippen LogP contribution in [0.15, 0.2) is 48.5 Å². The van der Waals surface area contributed by atoms with E-state index < -0.39 is 12.0 Å². The zero-order valence-electron chi connectivity index (χ0n) is 12.9. The standard InChI is InChI=1S/C18H19N3O2/c1-2-15(18(22)23)21-16-6-4-3-5-14(16)20-17(21)13-9-7-12(11-19)8-10-13/h3-10,15H,2,11,19H2,1H3,(H,22,23). The van der Waals surface area contributed by atoms with Crippen LogP contribution >= 0.6 is 0 Å². The summed E-state index contributed by atoms with van der Waals surface area (Å²) < 4.78 is 1.81. The van der Waals surface area contributed by atoms with Crippen molar-refractivity contribution in [3.63, 3.8) is 0 Å². The Morgan fingerprint density at radius 3 is 2.52 bits per heavy atom. The van der Waals surface area contributed by atoms with E-state index in [4.69, 9.17) is 5.73 Å². The number of carboxylic acid groups (broad SMARTS) is 1. The zero-order chi connectivity index (χ0) is 16.4. The van der Waals surface area contributed by atoms with E-state index in [1.54, 1.807) is 0 Å². The van der Waals surface area contributed by atoms with Gasteiger partial charge in [0, 0.05) is 12.1 Å². The van der Waals surface area contributed by atoms with Gasteiger partial charge in [0.05, 0.1) is 11.0 Å². The van der Waals surface area contributed by atoms with E-state index in [0.29, 0.717) is 18.8 Å². The molecular weight excluding hydrogens is 290 g/mol. The first-order chi connectivity index (χ1) is 11.2. The lowest BCUT2D eigenvalue weighted by Crippen LogP contribution is -2.19. The van der Waals surface area contributed by atoms with Crippen molar-refractivity contribution < 1.29 is 9.90 Å². The summed E-state index contributed by atoms with van der Waals surface area (Å²) in [7, 11) is 0. The monoisotopic (exact) mass is 309 g/mol. The van der Waals surface area contributed by atoms with E-state index in [1.165, 1.54) is 0 Å². The maximum Gasteiger partial charge on any atom is 0.326 e. The molecule has 1 unspecified atom stereocenters. The summed E-state index contributed by atoms with van der Waals surface area (Å²) in [5, 5.41) is 9.59. The smallest absolute Gasteiger partial charge is 0.326 e. The molecule has 0 aliphatic rings. The average Bonchev–Trinajstić information content (AvgIpc) is 2.95. The van der Waals surface area contributed by atoms with Crippen molar-refractivity contribution in [1.82, 2.24) is 9.55 Å². The molecule has 0 spiro atoms. The highest BCUT2D eigenvalue weighted by atomic mass is 16.4. The molecule has 0 saturated heterocycles. The lowest BCUT2D eigenvalue weighted by Gasteiger charge is -2.16. The normalized spacial score (nSPS) is 12.4. The summed E-state index contributed by atoms with van der Waals surface area (Å²) >= 11 is 0. The number of imidazole rings is 1. The van der Waals surface area contributed by atoms with E-state index in [9.17, 15) is 9.90 Å². The summed E-state index contributed by atoms with van der Waals surface area (Å²) in [5.41, 5.74) is 9.19. The molecule has 5 heteroatoms. The molecule has 0 aliphatic heterocycles. The Morgan fingerprint density at radius 1 is 1.22 bits per heavy atom. The van der Waals surface area contributed by atoms with Crippen LogP contribution in [0.25, 0.3) is 22.4 Å². The molecule has 0 fully saturated rings. The first-order valence-corrected chi connectivity index (χ1v) is 7.64. The molecule has 2 aromatic carbocycles. The minimum atomic E-state index is -0.851. The van der Waals surface area contributed by atoms with Crippen molar-refractivity contribution in [2.75, 3.05) is 0 Å². The van der Waals surface area contributed by atoms with Crippen LogP contribution in [-0.2, 0) is 11.3 Å². The average molecular weight is 309 g/mol. The summed E-state index contributed by atoms with van der Waals surface area (Å²) in [4.78, 5) is 16.3. The molecule has 0 amide bonds. The molecule has 0 aliphatic carbocycles. The summed E-state index contributed by atoms with van der Waals surface area (Å²) in [6, 6.07) is 14.7. The second-order valence-corrected chi connectivity index (χ2v) is 5.46. The van der Waals surface area contributed by atoms with Gasteiger partial charge in [0.2, 0.25) is 0 Å². The third kappa shape index (κ3) is 2.71. The lowest BCUT2D eigenvalue weighted by molar-refractivity contribution is -0.140. The van der Waals surface area contributed by atoms with E-state index >= 15 is 0 Å². The molecule has 3 aromatic rings. The van der Waals surface area contributed by atoms with Crippen LogP contribution in [0.2, 0.25) is 0 Å². The minimum absolute atomic E-state index is 0.476. The summed E-state index contributed by atoms with van der Waals surface area (Å²) in [6.07, 6.45) is 0.490. The van der Waals surface area contributed by atoms with Gasteiger partial charge in [-0.05, 0) is 24.1 Å². The largest absolute Gasteiger partial charge is 0.480 e. The van der Waals surface area contributed by atoms with E-state index in [2.05, 4.69) is 4.98 Å². The number of nitrogens with zero attached hydrogens (tertiary/aromatic N) is 2. The molecule has 1 heterocycles. The van der Waals surface area contributed by atoms with Crippen LogP contribution in [-0.4, -0.2) is 20.6 Å². The van der Waals surface area contributed by atoms with Gasteiger partial charge in [0.1, 0.15) is 11.9 Å². The van der Waals surface area contributed by atoms with E-state index in [-0.39, 0.29) is 0 Å². The summed E-state index contributed by atoms with van der Waals surface area (Å²) in [6.45, 7) is 2.35. The van der Waals surface area contributed by atoms with Crippen molar-refractivity contribution in [3.05, 3.63) is 54.1 Å². The number of carbonyl (C=O) groups is 1. The Labute approximate surface area is 134 Å². The van der Waals surface area contributed by atoms with Crippen molar-refractivity contribution in [2.45, 2.75) is 25.9 Å². The van der Waals surface area contributed by atoms with Gasteiger partial charge >= 0.3 is 5.97 Å². The highest BCUT2D eigenvalue weighted by Crippen LogP contribution is 2.30. The molecule has 0 bridgehead atoms. The fourth-order valence-corrected chi connectivity index (χ4v) is 2.82. The molecule has 0 radical (unpaired) electrons. The van der Waals surface area contributed by atoms with Crippen LogP contribution in [0, 0.1) is 0 Å². The van der Waals surface area contributed by atoms with Crippen LogP contribution in [0.4, 0.5) is 0 Å². The molecule has 5 nitrogen and oxygen atoms in total. The highest BCUT2D eigenvalue weighted by molar-refractivity contribution is 5.84. The van der Waals surface area contributed by atoms with Gasteiger partial charge in [-0.1, -0.05) is 43.3 Å². The van der Waals surface area contributed by atoms with Crippen LogP contribution in [0.5, 0.6) is 0 Å². The molecule has 1 aromatic heterocycles. The van der Waals surface area contributed by atoms with E-state index in [1.807, 2.05) is 60.0 Å². The van der Waals surface area contributed by atoms with Crippen LogP contribution in [0.3, 0.4) is 0 Å². The third-order valence-corrected chi connectivity index (χ3v) is 4.03. The first kappa shape index (κ1) is 15.2. The number of carboxylic acids is 1. The number of benzene rings is 2. The summed E-state index contributed by atoms with van der Waals surface area (Å²) in [5.74, 6) is -0.181. The molecule has 23 heavy (non-hydrogen) atoms. The Morgan fingerprint density at radius 2 is 1.91 bits per heavy atom. The van der Waals surface area contributed by atoms with Gasteiger partial charge in [0.15, 0.2) is 0 Å². The van der Waals surface area contributed by atoms with Crippen LogP contribution < -0.4 is 5.73 Å². The molecule has 0 saturated carbocycles. The Kier molecular flexibility index (Phi) is 4.12. The number of nitrogens with two attached hydrogens (primary N) is 1. The SMILES string of the molecule is CCC(C(=O)O)n1c(-c2ccc(CN)cc2)nc2ccccc21. The van der Waals surface area contributed by atoms with Crippen LogP contribution in [0.1, 0.15) is 24.9 Å². The molecule has 1 atom stereocenters. The lowest BCUT2D eigenvalue weighted by atomic mass is 10.1. The molecule has 118 valence electrons. The maximum atomic E-state index is 11.7. The number of aromatic nitrogens is 2. The first-order valence-electron chi connectivity index (χ1n) is 7.64. The third-order valence-electron chi connectivity index (χ3n) is 4.03. The number of fused-ring (bicyclic) bond motifs is 1. The van der Waals surface area contributed by atoms with Crippen molar-refractivity contribution in [2.24, 2.45) is 5.73 Å². The number of rotatable bonds is 5. The quantitative estimate of drug-likeness (QED) is 0.758. The topological polar surface area (TPSA) is 81.1 Å². The van der Waals surface area contributed by atoms with Crippen molar-refractivity contribution in [3.8, 4) is 11.4 Å². The Hall–Kier alpha value is -2.66. The van der Waals surface area contributed by atoms with Gasteiger partial charge in [-0.25, -0.2) is 9.78 Å². The Bertz CT molecular complexity index is 837. The molecule has 3 N–H and O–H groups in total. The number of para-hydroxylation sites is 2. The van der Waals surface area contributed by atoms with Gasteiger partial charge in [-0.3, -0.25) is 0 Å². The highest BCUT2D eigenvalue weighted by Gasteiger charge is 2.24. The minimum Gasteiger partial charge on any atom is -0.480 e. The fourth-order valence-electron chi connectivity index (χ4n) is 2.82. The predicted molar refractivity (Wildman–Crippen MR) is 90.0 cm³/mol. The number of hydrogen-bond donors (Lipinski definition) is 2. The number of aliphatic carboxylic acids is 1. The van der Waals surface area contributed by atoms with Gasteiger partial charge < -0.3 is 15.4 Å². The van der Waals surface area contributed by atoms with Gasteiger partial charge in [-0.15, -0.1) is 0 Å². The maximum absolute atomic E-state index is 11.7. The van der Waals surface area contributed by atoms with Gasteiger partial charge in [-0.2, -0.15) is 0 Å². The second-order valence-electron chi connectivity index (χ2n) is 5.46. The number of hydrogen-bond acceptors (Lipinski definition) is 3. The predicted octanol–water partition coefficient (Wildman–Crippen LogP) is 3.20. The molecule has 3 rings (SSSR count). The van der Waals surface area contributed by atoms with Gasteiger partial charge in [0.25, 0.3) is 0 Å². The zero-order valence-corrected chi connectivity index (χ0v) is 12.9. The Balaban J connectivity index is 2.24. The van der Waals surface area contributed by atoms with Crippen molar-refractivity contribution >= 4 is 17.0 Å². The molecular formula is C18H19N3O2.